The molecule has 0 fully saturated rings. The molecule has 0 N–H and O–H groups in total. The number of anilines is 2. The summed E-state index contributed by atoms with van der Waals surface area (Å²) in [5.74, 6) is 0. The van der Waals surface area contributed by atoms with Gasteiger partial charge in [0.05, 0.1) is 5.69 Å². The number of rotatable bonds is 3. The first-order valence-electron chi connectivity index (χ1n) is 12.9. The van der Waals surface area contributed by atoms with Crippen molar-refractivity contribution in [3.8, 4) is 11.3 Å². The van der Waals surface area contributed by atoms with Gasteiger partial charge in [0.1, 0.15) is 8.07 Å². The number of aromatic nitrogens is 1. The highest BCUT2D eigenvalue weighted by Gasteiger charge is 2.50. The topological polar surface area (TPSA) is 19.4 Å². The van der Waals surface area contributed by atoms with E-state index in [0.717, 1.165) is 18.5 Å². The van der Waals surface area contributed by atoms with Gasteiger partial charge in [-0.15, -0.1) is 0 Å². The van der Waals surface area contributed by atoms with E-state index in [0.29, 0.717) is 0 Å². The average Bonchev–Trinajstić information content (AvgIpc) is 3.27. The summed E-state index contributed by atoms with van der Waals surface area (Å²) in [6.07, 6.45) is 3.96. The molecule has 2 aliphatic rings. The monoisotopic (exact) mass is 489 g/mol. The number of nitrogens with zero attached hydrogens (tertiary/aromatic N) is 3. The highest BCUT2D eigenvalue weighted by molar-refractivity contribution is 7.01. The molecule has 2 heterocycles. The second kappa shape index (κ2) is 8.07. The Hall–Kier alpha value is -3.37. The summed E-state index contributed by atoms with van der Waals surface area (Å²) in [7, 11) is 6.76. The Bertz CT molecular complexity index is 1410. The molecule has 0 bridgehead atoms. The first-order valence-corrected chi connectivity index (χ1v) is 15.9. The Morgan fingerprint density at radius 3 is 1.86 bits per heavy atom. The molecule has 1 aliphatic heterocycles. The van der Waals surface area contributed by atoms with Crippen molar-refractivity contribution < 1.29 is 0 Å². The summed E-state index contributed by atoms with van der Waals surface area (Å²) in [6.45, 7) is 5.06. The van der Waals surface area contributed by atoms with E-state index in [1.807, 2.05) is 12.3 Å². The molecule has 0 saturated carbocycles. The third kappa shape index (κ3) is 3.35. The number of hydrogen-bond acceptors (Lipinski definition) is 3. The molecule has 1 aromatic heterocycles. The SMILES string of the molecule is CN(C)c1ccc2c(c1)C1(Cc3ccc(-c4ccccn4)cc3C1)c1cc(N(C)C)ccc1[Si]2(C)C. The molecule has 0 saturated heterocycles. The van der Waals surface area contributed by atoms with Crippen molar-refractivity contribution in [2.24, 2.45) is 0 Å². The molecule has 1 spiro atoms. The molecule has 6 rings (SSSR count). The minimum atomic E-state index is -1.85. The number of hydrogen-bond donors (Lipinski definition) is 0. The molecule has 0 radical (unpaired) electrons. The zero-order valence-electron chi connectivity index (χ0n) is 22.3. The van der Waals surface area contributed by atoms with Crippen LogP contribution in [0.4, 0.5) is 11.4 Å². The molecular formula is C32H35N3Si. The van der Waals surface area contributed by atoms with Crippen LogP contribution in [0, 0.1) is 0 Å². The van der Waals surface area contributed by atoms with E-state index < -0.39 is 8.07 Å². The third-order valence-corrected chi connectivity index (χ3v) is 12.1. The molecule has 4 aromatic rings. The van der Waals surface area contributed by atoms with E-state index in [4.69, 9.17) is 0 Å². The van der Waals surface area contributed by atoms with Crippen LogP contribution in [0.25, 0.3) is 11.3 Å². The molecule has 182 valence electrons. The third-order valence-electron chi connectivity index (χ3n) is 8.57. The molecule has 3 nitrogen and oxygen atoms in total. The zero-order valence-corrected chi connectivity index (χ0v) is 23.3. The van der Waals surface area contributed by atoms with Gasteiger partial charge in [0, 0.05) is 56.7 Å². The summed E-state index contributed by atoms with van der Waals surface area (Å²) < 4.78 is 0. The molecule has 3 aromatic carbocycles. The van der Waals surface area contributed by atoms with E-state index in [1.54, 1.807) is 21.5 Å². The maximum atomic E-state index is 4.63. The summed E-state index contributed by atoms with van der Waals surface area (Å²) in [5.41, 5.74) is 10.8. The van der Waals surface area contributed by atoms with E-state index in [9.17, 15) is 0 Å². The van der Waals surface area contributed by atoms with Crippen molar-refractivity contribution in [3.63, 3.8) is 0 Å². The summed E-state index contributed by atoms with van der Waals surface area (Å²) in [6, 6.07) is 27.7. The summed E-state index contributed by atoms with van der Waals surface area (Å²) in [4.78, 5) is 9.12. The molecule has 0 unspecified atom stereocenters. The molecule has 4 heteroatoms. The van der Waals surface area contributed by atoms with Gasteiger partial charge in [0.25, 0.3) is 0 Å². The van der Waals surface area contributed by atoms with Crippen LogP contribution < -0.4 is 20.2 Å². The molecule has 1 aliphatic carbocycles. The van der Waals surface area contributed by atoms with Crippen molar-refractivity contribution >= 4 is 29.8 Å². The van der Waals surface area contributed by atoms with Crippen LogP contribution in [0.2, 0.25) is 13.1 Å². The largest absolute Gasteiger partial charge is 0.378 e. The lowest BCUT2D eigenvalue weighted by molar-refractivity contribution is 0.551. The first-order chi connectivity index (χ1) is 17.2. The van der Waals surface area contributed by atoms with Crippen LogP contribution in [-0.2, 0) is 18.3 Å². The fraction of sp³-hybridized carbons (Fsp3) is 0.281. The Morgan fingerprint density at radius 2 is 1.31 bits per heavy atom. The minimum Gasteiger partial charge on any atom is -0.378 e. The second-order valence-corrected chi connectivity index (χ2v) is 15.8. The van der Waals surface area contributed by atoms with Crippen LogP contribution in [-0.4, -0.2) is 41.2 Å². The molecule has 0 amide bonds. The zero-order chi connectivity index (χ0) is 25.2. The fourth-order valence-corrected chi connectivity index (χ4v) is 9.80. The normalized spacial score (nSPS) is 16.3. The molecular weight excluding hydrogens is 454 g/mol. The van der Waals surface area contributed by atoms with Crippen LogP contribution in [0.5, 0.6) is 0 Å². The standard InChI is InChI=1S/C32H35N3Si/c1-34(2)25-12-14-30-27(18-25)32(28-19-26(35(3)4)13-15-31(28)36(30,5)6)20-23-11-10-22(17-24(23)21-32)29-9-7-8-16-33-29/h7-19H,20-21H2,1-6H3. The Balaban J connectivity index is 1.59. The minimum absolute atomic E-state index is 0.0453. The number of fused-ring (bicyclic) bond motifs is 5. The lowest BCUT2D eigenvalue weighted by Crippen LogP contribution is -2.63. The van der Waals surface area contributed by atoms with Crippen LogP contribution >= 0.6 is 0 Å². The van der Waals surface area contributed by atoms with E-state index in [-0.39, 0.29) is 5.41 Å². The van der Waals surface area contributed by atoms with Gasteiger partial charge in [0.2, 0.25) is 0 Å². The van der Waals surface area contributed by atoms with Crippen molar-refractivity contribution in [3.05, 3.63) is 101 Å². The van der Waals surface area contributed by atoms with Crippen molar-refractivity contribution in [1.82, 2.24) is 4.98 Å². The van der Waals surface area contributed by atoms with Gasteiger partial charge in [-0.3, -0.25) is 4.98 Å². The predicted molar refractivity (Wildman–Crippen MR) is 156 cm³/mol. The summed E-state index contributed by atoms with van der Waals surface area (Å²) in [5, 5.41) is 3.19. The van der Waals surface area contributed by atoms with Crippen LogP contribution in [0.1, 0.15) is 22.3 Å². The smallest absolute Gasteiger partial charge is 0.113 e. The van der Waals surface area contributed by atoms with Crippen molar-refractivity contribution in [2.45, 2.75) is 31.4 Å². The molecule has 0 atom stereocenters. The highest BCUT2D eigenvalue weighted by atomic mass is 28.3. The first kappa shape index (κ1) is 23.1. The van der Waals surface area contributed by atoms with E-state index in [1.165, 1.54) is 28.1 Å². The van der Waals surface area contributed by atoms with Gasteiger partial charge in [0.15, 0.2) is 0 Å². The van der Waals surface area contributed by atoms with E-state index >= 15 is 0 Å². The Morgan fingerprint density at radius 1 is 0.694 bits per heavy atom. The highest BCUT2D eigenvalue weighted by Crippen LogP contribution is 2.48. The fourth-order valence-electron chi connectivity index (χ4n) is 6.54. The van der Waals surface area contributed by atoms with Gasteiger partial charge in [-0.2, -0.15) is 0 Å². The predicted octanol–water partition coefficient (Wildman–Crippen LogP) is 5.10. The van der Waals surface area contributed by atoms with Crippen LogP contribution in [0.3, 0.4) is 0 Å². The van der Waals surface area contributed by atoms with Gasteiger partial charge < -0.3 is 9.80 Å². The van der Waals surface area contributed by atoms with Gasteiger partial charge in [-0.1, -0.05) is 53.8 Å². The van der Waals surface area contributed by atoms with Crippen LogP contribution in [0.15, 0.2) is 79.0 Å². The molecule has 36 heavy (non-hydrogen) atoms. The Kier molecular flexibility index (Phi) is 5.17. The lowest BCUT2D eigenvalue weighted by atomic mass is 9.71. The van der Waals surface area contributed by atoms with Gasteiger partial charge >= 0.3 is 0 Å². The maximum Gasteiger partial charge on any atom is 0.113 e. The number of benzene rings is 3. The van der Waals surface area contributed by atoms with Crippen molar-refractivity contribution in [1.29, 1.82) is 0 Å². The number of pyridine rings is 1. The van der Waals surface area contributed by atoms with Crippen molar-refractivity contribution in [2.75, 3.05) is 38.0 Å². The average molecular weight is 490 g/mol. The van der Waals surface area contributed by atoms with Gasteiger partial charge in [-0.25, -0.2) is 0 Å². The quantitative estimate of drug-likeness (QED) is 0.373. The van der Waals surface area contributed by atoms with E-state index in [2.05, 4.69) is 123 Å². The Labute approximate surface area is 216 Å². The lowest BCUT2D eigenvalue weighted by Gasteiger charge is -2.45. The van der Waals surface area contributed by atoms with Gasteiger partial charge in [-0.05, 0) is 77.6 Å². The summed E-state index contributed by atoms with van der Waals surface area (Å²) >= 11 is 0. The maximum absolute atomic E-state index is 4.63. The second-order valence-electron chi connectivity index (χ2n) is 11.5.